The molecule has 4 rings (SSSR count). The molecule has 7 nitrogen and oxygen atoms in total. The summed E-state index contributed by atoms with van der Waals surface area (Å²) >= 11 is 0. The Bertz CT molecular complexity index is 949. The minimum atomic E-state index is -0.167. The van der Waals surface area contributed by atoms with Crippen molar-refractivity contribution in [3.8, 4) is 17.2 Å². The van der Waals surface area contributed by atoms with Gasteiger partial charge in [-0.25, -0.2) is 4.79 Å². The average Bonchev–Trinajstić information content (AvgIpc) is 3.16. The number of carbonyl (C=O) groups is 1. The molecule has 0 spiro atoms. The lowest BCUT2D eigenvalue weighted by atomic mass is 9.65. The maximum atomic E-state index is 12.6. The molecule has 2 aromatic rings. The van der Waals surface area contributed by atoms with Crippen molar-refractivity contribution < 1.29 is 19.0 Å². The topological polar surface area (TPSA) is 72.1 Å². The number of hydrogen-bond donors (Lipinski definition) is 2. The van der Waals surface area contributed by atoms with Crippen LogP contribution < -0.4 is 24.8 Å². The molecule has 0 bridgehead atoms. The van der Waals surface area contributed by atoms with Gasteiger partial charge in [-0.05, 0) is 81.2 Å². The van der Waals surface area contributed by atoms with Crippen LogP contribution in [0.4, 0.5) is 10.5 Å². The highest BCUT2D eigenvalue weighted by Gasteiger charge is 2.50. The number of urea groups is 1. The van der Waals surface area contributed by atoms with Gasteiger partial charge in [-0.3, -0.25) is 0 Å². The summed E-state index contributed by atoms with van der Waals surface area (Å²) in [6.45, 7) is 1.05. The Morgan fingerprint density at radius 3 is 2.44 bits per heavy atom. The van der Waals surface area contributed by atoms with E-state index in [0.717, 1.165) is 55.2 Å². The molecule has 3 unspecified atom stereocenters. The number of benzene rings is 2. The van der Waals surface area contributed by atoms with Crippen LogP contribution in [0.25, 0.3) is 0 Å². The van der Waals surface area contributed by atoms with Gasteiger partial charge in [-0.1, -0.05) is 6.07 Å². The Balaban J connectivity index is 1.45. The third kappa shape index (κ3) is 4.21. The first-order chi connectivity index (χ1) is 15.5. The highest BCUT2D eigenvalue weighted by molar-refractivity contribution is 5.89. The Morgan fingerprint density at radius 2 is 1.75 bits per heavy atom. The average molecular weight is 440 g/mol. The lowest BCUT2D eigenvalue weighted by Gasteiger charge is -2.45. The molecule has 1 saturated heterocycles. The molecule has 2 N–H and O–H groups in total. The van der Waals surface area contributed by atoms with Gasteiger partial charge in [0.2, 0.25) is 0 Å². The van der Waals surface area contributed by atoms with E-state index in [2.05, 4.69) is 34.7 Å². The van der Waals surface area contributed by atoms with E-state index in [4.69, 9.17) is 14.2 Å². The Hall–Kier alpha value is -2.93. The van der Waals surface area contributed by atoms with Gasteiger partial charge in [0.1, 0.15) is 5.75 Å². The second-order valence-corrected chi connectivity index (χ2v) is 8.77. The smallest absolute Gasteiger partial charge is 0.319 e. The fourth-order valence-electron chi connectivity index (χ4n) is 5.42. The minimum absolute atomic E-state index is 0.0684. The van der Waals surface area contributed by atoms with E-state index in [1.54, 1.807) is 21.3 Å². The summed E-state index contributed by atoms with van der Waals surface area (Å²) in [5, 5.41) is 6.12. The number of likely N-dealkylation sites (tertiary alicyclic amines) is 1. The quantitative estimate of drug-likeness (QED) is 0.711. The fraction of sp³-hybridized carbons (Fsp3) is 0.480. The molecular weight excluding hydrogens is 406 g/mol. The minimum Gasteiger partial charge on any atom is -0.497 e. The first-order valence-electron chi connectivity index (χ1n) is 11.1. The Kier molecular flexibility index (Phi) is 6.46. The largest absolute Gasteiger partial charge is 0.497 e. The summed E-state index contributed by atoms with van der Waals surface area (Å²) in [7, 11) is 7.16. The maximum absolute atomic E-state index is 12.6. The number of anilines is 1. The number of fused-ring (bicyclic) bond motifs is 1. The summed E-state index contributed by atoms with van der Waals surface area (Å²) in [5.41, 5.74) is 2.11. The monoisotopic (exact) mass is 439 g/mol. The molecular formula is C25H33N3O4. The predicted molar refractivity (Wildman–Crippen MR) is 125 cm³/mol. The van der Waals surface area contributed by atoms with Crippen molar-refractivity contribution in [2.24, 2.45) is 0 Å². The number of ether oxygens (including phenoxy) is 3. The van der Waals surface area contributed by atoms with Crippen molar-refractivity contribution in [2.45, 2.75) is 43.2 Å². The second kappa shape index (κ2) is 9.28. The first-order valence-corrected chi connectivity index (χ1v) is 11.1. The number of nitrogens with zero attached hydrogens (tertiary/aromatic N) is 1. The number of carbonyl (C=O) groups excluding carboxylic acids is 1. The molecule has 0 aromatic heterocycles. The molecule has 2 aromatic carbocycles. The van der Waals surface area contributed by atoms with E-state index in [1.165, 1.54) is 5.56 Å². The Labute approximate surface area is 190 Å². The van der Waals surface area contributed by atoms with Crippen LogP contribution in [-0.4, -0.2) is 57.9 Å². The van der Waals surface area contributed by atoms with Crippen LogP contribution in [0.1, 0.15) is 31.2 Å². The van der Waals surface area contributed by atoms with Crippen molar-refractivity contribution in [2.75, 3.05) is 40.2 Å². The Morgan fingerprint density at radius 1 is 1.00 bits per heavy atom. The molecule has 2 aliphatic rings. The normalized spacial score (nSPS) is 25.0. The van der Waals surface area contributed by atoms with Gasteiger partial charge in [0, 0.05) is 23.2 Å². The van der Waals surface area contributed by atoms with Crippen LogP contribution >= 0.6 is 0 Å². The SMILES string of the molecule is COc1ccc(NC(=O)NC2CCC3(c4ccc(OC)c(OC)c4)CCN(C)C3C2)cc1. The summed E-state index contributed by atoms with van der Waals surface area (Å²) < 4.78 is 16.2. The van der Waals surface area contributed by atoms with Gasteiger partial charge < -0.3 is 29.7 Å². The van der Waals surface area contributed by atoms with E-state index in [1.807, 2.05) is 30.3 Å². The van der Waals surface area contributed by atoms with Crippen LogP contribution in [0, 0.1) is 0 Å². The van der Waals surface area contributed by atoms with Crippen molar-refractivity contribution in [3.63, 3.8) is 0 Å². The third-order valence-corrected chi connectivity index (χ3v) is 7.17. The summed E-state index contributed by atoms with van der Waals surface area (Å²) in [4.78, 5) is 15.1. The maximum Gasteiger partial charge on any atom is 0.319 e. The molecule has 1 aliphatic carbocycles. The number of amides is 2. The van der Waals surface area contributed by atoms with Gasteiger partial charge in [0.05, 0.1) is 21.3 Å². The molecule has 0 radical (unpaired) electrons. The summed E-state index contributed by atoms with van der Waals surface area (Å²) in [6, 6.07) is 14.0. The van der Waals surface area contributed by atoms with Crippen LogP contribution in [0.3, 0.4) is 0 Å². The van der Waals surface area contributed by atoms with Crippen LogP contribution in [0.5, 0.6) is 17.2 Å². The van der Waals surface area contributed by atoms with Crippen molar-refractivity contribution in [1.82, 2.24) is 10.2 Å². The molecule has 32 heavy (non-hydrogen) atoms. The van der Waals surface area contributed by atoms with Crippen molar-refractivity contribution in [1.29, 1.82) is 0 Å². The second-order valence-electron chi connectivity index (χ2n) is 8.77. The number of rotatable bonds is 6. The molecule has 1 aliphatic heterocycles. The van der Waals surface area contributed by atoms with Gasteiger partial charge in [-0.15, -0.1) is 0 Å². The van der Waals surface area contributed by atoms with E-state index < -0.39 is 0 Å². The fourth-order valence-corrected chi connectivity index (χ4v) is 5.42. The van der Waals surface area contributed by atoms with Gasteiger partial charge >= 0.3 is 6.03 Å². The zero-order chi connectivity index (χ0) is 22.7. The van der Waals surface area contributed by atoms with E-state index in [0.29, 0.717) is 6.04 Å². The molecule has 3 atom stereocenters. The summed E-state index contributed by atoms with van der Waals surface area (Å²) in [6.07, 6.45) is 3.98. The van der Waals surface area contributed by atoms with Gasteiger partial charge in [0.15, 0.2) is 11.5 Å². The molecule has 1 heterocycles. The zero-order valence-corrected chi connectivity index (χ0v) is 19.3. The van der Waals surface area contributed by atoms with Crippen LogP contribution in [0.2, 0.25) is 0 Å². The van der Waals surface area contributed by atoms with Gasteiger partial charge in [0.25, 0.3) is 0 Å². The highest BCUT2D eigenvalue weighted by Crippen LogP contribution is 2.49. The molecule has 172 valence electrons. The zero-order valence-electron chi connectivity index (χ0n) is 19.3. The standard InChI is InChI=1S/C25H33N3O4/c1-28-14-13-25(17-5-10-21(31-3)22(15-17)32-4)12-11-19(16-23(25)28)27-24(29)26-18-6-8-20(30-2)9-7-18/h5-10,15,19,23H,11-14,16H2,1-4H3,(H2,26,27,29). The third-order valence-electron chi connectivity index (χ3n) is 7.17. The molecule has 1 saturated carbocycles. The number of likely N-dealkylation sites (N-methyl/N-ethyl adjacent to an activating group) is 1. The number of nitrogens with one attached hydrogen (secondary N) is 2. The highest BCUT2D eigenvalue weighted by atomic mass is 16.5. The number of hydrogen-bond acceptors (Lipinski definition) is 5. The lowest BCUT2D eigenvalue weighted by Crippen LogP contribution is -2.52. The van der Waals surface area contributed by atoms with E-state index in [9.17, 15) is 4.79 Å². The molecule has 2 fully saturated rings. The van der Waals surface area contributed by atoms with Crippen molar-refractivity contribution in [3.05, 3.63) is 48.0 Å². The van der Waals surface area contributed by atoms with Crippen LogP contribution in [-0.2, 0) is 5.41 Å². The summed E-state index contributed by atoms with van der Waals surface area (Å²) in [5.74, 6) is 2.28. The van der Waals surface area contributed by atoms with E-state index in [-0.39, 0.29) is 17.5 Å². The van der Waals surface area contributed by atoms with E-state index >= 15 is 0 Å². The predicted octanol–water partition coefficient (Wildman–Crippen LogP) is 4.03. The number of methoxy groups -OCH3 is 3. The first kappa shape index (κ1) is 22.3. The van der Waals surface area contributed by atoms with Crippen molar-refractivity contribution >= 4 is 11.7 Å². The lowest BCUT2D eigenvalue weighted by molar-refractivity contribution is 0.156. The van der Waals surface area contributed by atoms with Crippen LogP contribution in [0.15, 0.2) is 42.5 Å². The molecule has 7 heteroatoms. The molecule has 2 amide bonds. The van der Waals surface area contributed by atoms with Gasteiger partial charge in [-0.2, -0.15) is 0 Å².